The molecule has 0 radical (unpaired) electrons. The molecule has 2 fully saturated rings. The SMILES string of the molecule is CS(=O)(=O)c1cccc(N2CCCC(N3CCCCCC3)C2)c1[N+](=O)[O-]. The lowest BCUT2D eigenvalue weighted by atomic mass is 10.0. The zero-order valence-corrected chi connectivity index (χ0v) is 16.1. The maximum atomic E-state index is 12.0. The second-order valence-electron chi connectivity index (χ2n) is 7.35. The van der Waals surface area contributed by atoms with Gasteiger partial charge in [-0.1, -0.05) is 18.9 Å². The minimum absolute atomic E-state index is 0.197. The molecule has 0 bridgehead atoms. The van der Waals surface area contributed by atoms with Crippen molar-refractivity contribution in [3.63, 3.8) is 0 Å². The summed E-state index contributed by atoms with van der Waals surface area (Å²) in [7, 11) is -3.66. The second-order valence-corrected chi connectivity index (χ2v) is 9.33. The lowest BCUT2D eigenvalue weighted by molar-refractivity contribution is -0.387. The van der Waals surface area contributed by atoms with Gasteiger partial charge in [-0.15, -0.1) is 0 Å². The largest absolute Gasteiger partial charge is 0.364 e. The van der Waals surface area contributed by atoms with Crippen molar-refractivity contribution in [3.8, 4) is 0 Å². The molecular weight excluding hydrogens is 354 g/mol. The first-order valence-electron chi connectivity index (χ1n) is 9.34. The van der Waals surface area contributed by atoms with Crippen LogP contribution in [0.25, 0.3) is 0 Å². The number of piperidine rings is 1. The summed E-state index contributed by atoms with van der Waals surface area (Å²) in [5, 5.41) is 11.7. The summed E-state index contributed by atoms with van der Waals surface area (Å²) in [6, 6.07) is 4.99. The Balaban J connectivity index is 1.89. The van der Waals surface area contributed by atoms with Crippen molar-refractivity contribution in [3.05, 3.63) is 28.3 Å². The van der Waals surface area contributed by atoms with Crippen LogP contribution in [0.4, 0.5) is 11.4 Å². The van der Waals surface area contributed by atoms with Crippen LogP contribution in [0.15, 0.2) is 23.1 Å². The molecule has 1 aromatic carbocycles. The number of sulfone groups is 1. The molecule has 0 N–H and O–H groups in total. The molecule has 144 valence electrons. The van der Waals surface area contributed by atoms with E-state index in [1.165, 1.54) is 31.7 Å². The molecule has 8 heteroatoms. The average Bonchev–Trinajstić information content (AvgIpc) is 2.90. The van der Waals surface area contributed by atoms with E-state index in [1.807, 2.05) is 4.90 Å². The summed E-state index contributed by atoms with van der Waals surface area (Å²) in [6.07, 6.45) is 8.04. The third kappa shape index (κ3) is 4.17. The lowest BCUT2D eigenvalue weighted by Crippen LogP contribution is -2.48. The number of rotatable bonds is 4. The van der Waals surface area contributed by atoms with E-state index in [0.717, 1.165) is 38.7 Å². The molecule has 0 saturated carbocycles. The van der Waals surface area contributed by atoms with Gasteiger partial charge >= 0.3 is 5.69 Å². The van der Waals surface area contributed by atoms with E-state index in [2.05, 4.69) is 4.90 Å². The molecule has 1 atom stereocenters. The Hall–Kier alpha value is -1.67. The number of nitro benzene ring substituents is 1. The van der Waals surface area contributed by atoms with Gasteiger partial charge in [-0.05, 0) is 50.9 Å². The quantitative estimate of drug-likeness (QED) is 0.589. The average molecular weight is 381 g/mol. The fourth-order valence-corrected chi connectivity index (χ4v) is 5.04. The van der Waals surface area contributed by atoms with Crippen molar-refractivity contribution >= 4 is 21.2 Å². The number of nitrogens with zero attached hydrogens (tertiary/aromatic N) is 3. The highest BCUT2D eigenvalue weighted by Crippen LogP contribution is 2.36. The first-order valence-corrected chi connectivity index (χ1v) is 11.2. The maximum Gasteiger partial charge on any atom is 0.311 e. The van der Waals surface area contributed by atoms with Crippen molar-refractivity contribution in [2.45, 2.75) is 49.5 Å². The van der Waals surface area contributed by atoms with Crippen LogP contribution < -0.4 is 4.90 Å². The van der Waals surface area contributed by atoms with Gasteiger partial charge in [0.05, 0.1) is 4.92 Å². The Morgan fingerprint density at radius 1 is 1.08 bits per heavy atom. The Bertz CT molecular complexity index is 758. The minimum Gasteiger partial charge on any atom is -0.364 e. The number of para-hydroxylation sites is 1. The van der Waals surface area contributed by atoms with Gasteiger partial charge in [0.1, 0.15) is 10.6 Å². The fraction of sp³-hybridized carbons (Fsp3) is 0.667. The van der Waals surface area contributed by atoms with Gasteiger partial charge in [0, 0.05) is 25.4 Å². The van der Waals surface area contributed by atoms with Crippen LogP contribution in [0.1, 0.15) is 38.5 Å². The van der Waals surface area contributed by atoms with Crippen LogP contribution in [0.2, 0.25) is 0 Å². The zero-order chi connectivity index (χ0) is 18.7. The van der Waals surface area contributed by atoms with E-state index in [-0.39, 0.29) is 10.6 Å². The van der Waals surface area contributed by atoms with E-state index in [9.17, 15) is 18.5 Å². The standard InChI is InChI=1S/C18H27N3O4S/c1-26(24,25)17-10-6-9-16(18(17)21(22)23)20-13-7-8-15(14-20)19-11-4-2-3-5-12-19/h6,9-10,15H,2-5,7-8,11-14H2,1H3. The van der Waals surface area contributed by atoms with Gasteiger partial charge in [-0.3, -0.25) is 15.0 Å². The van der Waals surface area contributed by atoms with Crippen molar-refractivity contribution < 1.29 is 13.3 Å². The Morgan fingerprint density at radius 3 is 2.38 bits per heavy atom. The molecule has 0 amide bonds. The molecule has 3 rings (SSSR count). The Kier molecular flexibility index (Phi) is 5.82. The summed E-state index contributed by atoms with van der Waals surface area (Å²) in [4.78, 5) is 15.4. The van der Waals surface area contributed by atoms with Crippen LogP contribution in [0.3, 0.4) is 0 Å². The summed E-state index contributed by atoms with van der Waals surface area (Å²) >= 11 is 0. The number of nitro groups is 1. The van der Waals surface area contributed by atoms with Gasteiger partial charge in [0.25, 0.3) is 0 Å². The van der Waals surface area contributed by atoms with Gasteiger partial charge in [-0.25, -0.2) is 8.42 Å². The lowest BCUT2D eigenvalue weighted by Gasteiger charge is -2.40. The van der Waals surface area contributed by atoms with Crippen molar-refractivity contribution in [2.75, 3.05) is 37.3 Å². The molecular formula is C18H27N3O4S. The topological polar surface area (TPSA) is 83.8 Å². The smallest absolute Gasteiger partial charge is 0.311 e. The number of hydrogen-bond acceptors (Lipinski definition) is 6. The van der Waals surface area contributed by atoms with Crippen LogP contribution in [0, 0.1) is 10.1 Å². The first kappa shape index (κ1) is 19.1. The third-order valence-corrected chi connectivity index (χ3v) is 6.58. The zero-order valence-electron chi connectivity index (χ0n) is 15.3. The summed E-state index contributed by atoms with van der Waals surface area (Å²) in [5.74, 6) is 0. The maximum absolute atomic E-state index is 12.0. The van der Waals surface area contributed by atoms with Crippen molar-refractivity contribution in [1.29, 1.82) is 0 Å². The number of hydrogen-bond donors (Lipinski definition) is 0. The summed E-state index contributed by atoms with van der Waals surface area (Å²) < 4.78 is 24.0. The van der Waals surface area contributed by atoms with Gasteiger partial charge in [0.15, 0.2) is 9.84 Å². The van der Waals surface area contributed by atoms with E-state index in [1.54, 1.807) is 12.1 Å². The molecule has 2 aliphatic rings. The molecule has 0 aliphatic carbocycles. The monoisotopic (exact) mass is 381 g/mol. The van der Waals surface area contributed by atoms with Crippen LogP contribution in [-0.4, -0.2) is 56.7 Å². The fourth-order valence-electron chi connectivity index (χ4n) is 4.18. The predicted octanol–water partition coefficient (Wildman–Crippen LogP) is 2.84. The van der Waals surface area contributed by atoms with Crippen LogP contribution in [-0.2, 0) is 9.84 Å². The molecule has 0 aromatic heterocycles. The molecule has 26 heavy (non-hydrogen) atoms. The molecule has 2 aliphatic heterocycles. The summed E-state index contributed by atoms with van der Waals surface area (Å²) in [5.41, 5.74) is 0.143. The highest BCUT2D eigenvalue weighted by Gasteiger charge is 2.32. The Morgan fingerprint density at radius 2 is 1.77 bits per heavy atom. The normalized spacial score (nSPS) is 22.8. The predicted molar refractivity (Wildman–Crippen MR) is 101 cm³/mol. The van der Waals surface area contributed by atoms with Crippen molar-refractivity contribution in [2.24, 2.45) is 0 Å². The molecule has 2 saturated heterocycles. The molecule has 0 spiro atoms. The number of anilines is 1. The highest BCUT2D eigenvalue weighted by atomic mass is 32.2. The van der Waals surface area contributed by atoms with Gasteiger partial charge < -0.3 is 4.90 Å². The van der Waals surface area contributed by atoms with Gasteiger partial charge in [0.2, 0.25) is 0 Å². The summed E-state index contributed by atoms with van der Waals surface area (Å²) in [6.45, 7) is 3.61. The molecule has 1 aromatic rings. The van der Waals surface area contributed by atoms with E-state index >= 15 is 0 Å². The highest BCUT2D eigenvalue weighted by molar-refractivity contribution is 7.90. The van der Waals surface area contributed by atoms with Gasteiger partial charge in [-0.2, -0.15) is 0 Å². The van der Waals surface area contributed by atoms with Crippen LogP contribution in [0.5, 0.6) is 0 Å². The number of benzene rings is 1. The van der Waals surface area contributed by atoms with Crippen LogP contribution >= 0.6 is 0 Å². The molecule has 1 unspecified atom stereocenters. The van der Waals surface area contributed by atoms with E-state index in [0.29, 0.717) is 18.3 Å². The third-order valence-electron chi connectivity index (χ3n) is 5.45. The first-order chi connectivity index (χ1) is 12.4. The van der Waals surface area contributed by atoms with E-state index < -0.39 is 14.8 Å². The minimum atomic E-state index is -3.66. The molecule has 7 nitrogen and oxygen atoms in total. The van der Waals surface area contributed by atoms with E-state index in [4.69, 9.17) is 0 Å². The second kappa shape index (κ2) is 7.92. The molecule has 2 heterocycles. The number of likely N-dealkylation sites (tertiary alicyclic amines) is 1. The Labute approximate surface area is 155 Å². The van der Waals surface area contributed by atoms with Crippen molar-refractivity contribution in [1.82, 2.24) is 4.90 Å².